The van der Waals surface area contributed by atoms with Crippen molar-refractivity contribution in [3.63, 3.8) is 0 Å². The SMILES string of the molecule is CCOC(=O)[C@H](C)Oc1c(Br)cc(C=Nn2c(C(C)C)nc3ccc(Br)cc3c2=O)cc1[N+](=O)[O-]. The summed E-state index contributed by atoms with van der Waals surface area (Å²) in [4.78, 5) is 40.7. The van der Waals surface area contributed by atoms with Gasteiger partial charge in [-0.3, -0.25) is 14.9 Å². The highest BCUT2D eigenvalue weighted by Crippen LogP contribution is 2.37. The number of ether oxygens (including phenoxy) is 2. The molecule has 0 N–H and O–H groups in total. The number of hydrogen-bond donors (Lipinski definition) is 0. The highest BCUT2D eigenvalue weighted by Gasteiger charge is 2.25. The van der Waals surface area contributed by atoms with Crippen LogP contribution >= 0.6 is 31.9 Å². The van der Waals surface area contributed by atoms with Crippen LogP contribution in [0.5, 0.6) is 5.75 Å². The molecule has 0 fully saturated rings. The topological polar surface area (TPSA) is 126 Å². The fourth-order valence-corrected chi connectivity index (χ4v) is 4.11. The Labute approximate surface area is 217 Å². The number of carbonyl (C=O) groups excluding carboxylic acids is 1. The van der Waals surface area contributed by atoms with Crippen molar-refractivity contribution in [2.45, 2.75) is 39.7 Å². The van der Waals surface area contributed by atoms with Gasteiger partial charge in [-0.25, -0.2) is 9.78 Å². The third-order valence-corrected chi connectivity index (χ3v) is 5.91. The molecule has 3 aromatic rings. The van der Waals surface area contributed by atoms with E-state index in [0.717, 1.165) is 4.47 Å². The number of hydrogen-bond acceptors (Lipinski definition) is 8. The van der Waals surface area contributed by atoms with Crippen LogP contribution in [0.2, 0.25) is 0 Å². The van der Waals surface area contributed by atoms with E-state index < -0.39 is 17.0 Å². The molecule has 0 bridgehead atoms. The molecule has 0 aliphatic carbocycles. The van der Waals surface area contributed by atoms with Gasteiger partial charge in [0.15, 0.2) is 6.10 Å². The average Bonchev–Trinajstić information content (AvgIpc) is 2.79. The number of fused-ring (bicyclic) bond motifs is 1. The molecule has 3 rings (SSSR count). The summed E-state index contributed by atoms with van der Waals surface area (Å²) in [7, 11) is 0. The highest BCUT2D eigenvalue weighted by atomic mass is 79.9. The summed E-state index contributed by atoms with van der Waals surface area (Å²) < 4.78 is 12.6. The maximum Gasteiger partial charge on any atom is 0.347 e. The van der Waals surface area contributed by atoms with E-state index in [-0.39, 0.29) is 34.0 Å². The fourth-order valence-electron chi connectivity index (χ4n) is 3.19. The molecule has 184 valence electrons. The van der Waals surface area contributed by atoms with Crippen LogP contribution in [0.15, 0.2) is 49.2 Å². The van der Waals surface area contributed by atoms with Crippen molar-refractivity contribution in [3.8, 4) is 5.75 Å². The summed E-state index contributed by atoms with van der Waals surface area (Å²) in [6, 6.07) is 7.99. The van der Waals surface area contributed by atoms with Crippen LogP contribution < -0.4 is 10.3 Å². The second-order valence-corrected chi connectivity index (χ2v) is 9.54. The molecule has 0 aliphatic heterocycles. The second-order valence-electron chi connectivity index (χ2n) is 7.77. The number of esters is 1. The normalized spacial score (nSPS) is 12.3. The Morgan fingerprint density at radius 1 is 1.26 bits per heavy atom. The maximum absolute atomic E-state index is 13.2. The number of aromatic nitrogens is 2. The van der Waals surface area contributed by atoms with E-state index in [4.69, 9.17) is 9.47 Å². The zero-order valence-corrected chi connectivity index (χ0v) is 22.5. The Morgan fingerprint density at radius 2 is 1.97 bits per heavy atom. The quantitative estimate of drug-likeness (QED) is 0.149. The number of carbonyl (C=O) groups is 1. The predicted molar refractivity (Wildman–Crippen MR) is 138 cm³/mol. The summed E-state index contributed by atoms with van der Waals surface area (Å²) in [5.74, 6) is -0.438. The lowest BCUT2D eigenvalue weighted by Crippen LogP contribution is -2.26. The van der Waals surface area contributed by atoms with Gasteiger partial charge in [-0.1, -0.05) is 29.8 Å². The van der Waals surface area contributed by atoms with E-state index in [1.54, 1.807) is 25.1 Å². The largest absolute Gasteiger partial charge is 0.471 e. The van der Waals surface area contributed by atoms with Gasteiger partial charge < -0.3 is 9.47 Å². The standard InChI is InChI=1S/C23H22Br2N4O6/c1-5-34-23(31)13(4)35-20-17(25)8-14(9-19(20)29(32)33)11-26-28-21(12(2)3)27-18-7-6-15(24)10-16(18)22(28)30/h6-13H,5H2,1-4H3/t13-/m0/s1. The minimum atomic E-state index is -1.06. The molecule has 0 radical (unpaired) electrons. The van der Waals surface area contributed by atoms with Gasteiger partial charge in [0.05, 0.1) is 33.1 Å². The van der Waals surface area contributed by atoms with Crippen LogP contribution in [-0.4, -0.2) is 39.5 Å². The second kappa shape index (κ2) is 11.1. The third-order valence-electron chi connectivity index (χ3n) is 4.83. The van der Waals surface area contributed by atoms with Crippen molar-refractivity contribution in [1.29, 1.82) is 0 Å². The van der Waals surface area contributed by atoms with E-state index >= 15 is 0 Å². The van der Waals surface area contributed by atoms with Crippen molar-refractivity contribution < 1.29 is 19.2 Å². The molecule has 0 saturated carbocycles. The monoisotopic (exact) mass is 608 g/mol. The Morgan fingerprint density at radius 3 is 2.60 bits per heavy atom. The number of benzene rings is 2. The number of halogens is 2. The van der Waals surface area contributed by atoms with Crippen LogP contribution in [0.3, 0.4) is 0 Å². The first-order valence-corrected chi connectivity index (χ1v) is 12.2. The van der Waals surface area contributed by atoms with Crippen LogP contribution in [0.25, 0.3) is 10.9 Å². The molecular formula is C23H22Br2N4O6. The van der Waals surface area contributed by atoms with Gasteiger partial charge in [0.2, 0.25) is 5.75 Å². The zero-order valence-electron chi connectivity index (χ0n) is 19.3. The van der Waals surface area contributed by atoms with E-state index in [0.29, 0.717) is 22.3 Å². The van der Waals surface area contributed by atoms with Gasteiger partial charge in [-0.15, -0.1) is 0 Å². The van der Waals surface area contributed by atoms with Crippen molar-refractivity contribution in [1.82, 2.24) is 9.66 Å². The van der Waals surface area contributed by atoms with E-state index in [2.05, 4.69) is 41.9 Å². The Bertz CT molecular complexity index is 1390. The minimum Gasteiger partial charge on any atom is -0.471 e. The molecule has 35 heavy (non-hydrogen) atoms. The Kier molecular flexibility index (Phi) is 8.39. The first kappa shape index (κ1) is 26.5. The molecule has 10 nitrogen and oxygen atoms in total. The molecule has 0 aliphatic rings. The molecule has 0 spiro atoms. The summed E-state index contributed by atoms with van der Waals surface area (Å²) in [6.07, 6.45) is 0.273. The average molecular weight is 610 g/mol. The summed E-state index contributed by atoms with van der Waals surface area (Å²) >= 11 is 6.63. The van der Waals surface area contributed by atoms with Crippen LogP contribution in [0.4, 0.5) is 5.69 Å². The minimum absolute atomic E-state index is 0.117. The first-order valence-electron chi connectivity index (χ1n) is 10.6. The number of nitrogens with zero attached hydrogens (tertiary/aromatic N) is 4. The van der Waals surface area contributed by atoms with Crippen molar-refractivity contribution in [2.24, 2.45) is 5.10 Å². The lowest BCUT2D eigenvalue weighted by Gasteiger charge is -2.15. The van der Waals surface area contributed by atoms with Crippen molar-refractivity contribution in [2.75, 3.05) is 6.61 Å². The maximum atomic E-state index is 13.2. The number of nitro benzene ring substituents is 1. The van der Waals surface area contributed by atoms with Gasteiger partial charge in [-0.2, -0.15) is 9.78 Å². The summed E-state index contributed by atoms with van der Waals surface area (Å²) in [6.45, 7) is 7.02. The van der Waals surface area contributed by atoms with Gasteiger partial charge >= 0.3 is 11.7 Å². The molecule has 0 amide bonds. The van der Waals surface area contributed by atoms with Gasteiger partial charge in [0.25, 0.3) is 5.56 Å². The molecule has 1 heterocycles. The van der Waals surface area contributed by atoms with Crippen molar-refractivity contribution >= 4 is 60.6 Å². The fraction of sp³-hybridized carbons (Fsp3) is 0.304. The molecular weight excluding hydrogens is 588 g/mol. The molecule has 0 saturated heterocycles. The Hall–Kier alpha value is -3.12. The lowest BCUT2D eigenvalue weighted by molar-refractivity contribution is -0.386. The zero-order chi connectivity index (χ0) is 25.9. The number of nitro groups is 1. The van der Waals surface area contributed by atoms with Crippen LogP contribution in [0, 0.1) is 10.1 Å². The molecule has 12 heteroatoms. The van der Waals surface area contributed by atoms with E-state index in [1.807, 2.05) is 13.8 Å². The molecule has 1 aromatic heterocycles. The number of rotatable bonds is 8. The van der Waals surface area contributed by atoms with Gasteiger partial charge in [0, 0.05) is 22.0 Å². The van der Waals surface area contributed by atoms with Gasteiger partial charge in [-0.05, 0) is 54.0 Å². The highest BCUT2D eigenvalue weighted by molar-refractivity contribution is 9.10. The van der Waals surface area contributed by atoms with Crippen molar-refractivity contribution in [3.05, 3.63) is 71.1 Å². The van der Waals surface area contributed by atoms with Crippen LogP contribution in [-0.2, 0) is 9.53 Å². The Balaban J connectivity index is 2.07. The first-order chi connectivity index (χ1) is 16.5. The predicted octanol–water partition coefficient (Wildman–Crippen LogP) is 5.17. The lowest BCUT2D eigenvalue weighted by atomic mass is 10.2. The van der Waals surface area contributed by atoms with Crippen LogP contribution in [0.1, 0.15) is 45.0 Å². The van der Waals surface area contributed by atoms with E-state index in [9.17, 15) is 19.7 Å². The molecule has 2 aromatic carbocycles. The van der Waals surface area contributed by atoms with Gasteiger partial charge in [0.1, 0.15) is 5.82 Å². The summed E-state index contributed by atoms with van der Waals surface area (Å²) in [5.41, 5.74) is 0.126. The third kappa shape index (κ3) is 5.93. The smallest absolute Gasteiger partial charge is 0.347 e. The molecule has 1 atom stereocenters. The molecule has 0 unspecified atom stereocenters. The summed E-state index contributed by atoms with van der Waals surface area (Å²) in [5, 5.41) is 16.4. The van der Waals surface area contributed by atoms with E-state index in [1.165, 1.54) is 29.9 Å².